The fraction of sp³-hybridized carbons (Fsp3) is 0.364. The SMILES string of the molecule is O=C(c1ncoc1-c1ccccc1)N1CCC(Oc2cc(N3CCCC3)ncn2)C1. The second-order valence-electron chi connectivity index (χ2n) is 7.58. The van der Waals surface area contributed by atoms with Gasteiger partial charge in [-0.3, -0.25) is 4.79 Å². The van der Waals surface area contributed by atoms with E-state index >= 15 is 0 Å². The molecule has 8 nitrogen and oxygen atoms in total. The van der Waals surface area contributed by atoms with E-state index in [0.29, 0.717) is 30.4 Å². The largest absolute Gasteiger partial charge is 0.472 e. The molecule has 0 N–H and O–H groups in total. The van der Waals surface area contributed by atoms with Gasteiger partial charge < -0.3 is 19.0 Å². The highest BCUT2D eigenvalue weighted by Crippen LogP contribution is 2.26. The van der Waals surface area contributed by atoms with Gasteiger partial charge >= 0.3 is 0 Å². The highest BCUT2D eigenvalue weighted by molar-refractivity contribution is 5.97. The lowest BCUT2D eigenvalue weighted by Crippen LogP contribution is -2.31. The van der Waals surface area contributed by atoms with Crippen LogP contribution in [0.1, 0.15) is 29.8 Å². The predicted octanol–water partition coefficient (Wildman–Crippen LogP) is 3.03. The van der Waals surface area contributed by atoms with Crippen LogP contribution in [0.3, 0.4) is 0 Å². The molecule has 1 amide bonds. The van der Waals surface area contributed by atoms with Crippen molar-refractivity contribution in [1.82, 2.24) is 19.9 Å². The summed E-state index contributed by atoms with van der Waals surface area (Å²) in [5, 5.41) is 0. The van der Waals surface area contributed by atoms with Crippen molar-refractivity contribution >= 4 is 11.7 Å². The normalized spacial score (nSPS) is 18.7. The zero-order valence-corrected chi connectivity index (χ0v) is 16.6. The first-order chi connectivity index (χ1) is 14.8. The van der Waals surface area contributed by atoms with Gasteiger partial charge in [-0.15, -0.1) is 0 Å². The number of benzene rings is 1. The molecule has 0 saturated carbocycles. The van der Waals surface area contributed by atoms with Crippen LogP contribution in [0.2, 0.25) is 0 Å². The Bertz CT molecular complexity index is 1020. The van der Waals surface area contributed by atoms with Gasteiger partial charge in [0, 0.05) is 37.7 Å². The third kappa shape index (κ3) is 3.72. The summed E-state index contributed by atoms with van der Waals surface area (Å²) in [6.45, 7) is 3.13. The van der Waals surface area contributed by atoms with Gasteiger partial charge in [0.05, 0.1) is 6.54 Å². The third-order valence-electron chi connectivity index (χ3n) is 5.58. The van der Waals surface area contributed by atoms with Crippen LogP contribution in [-0.4, -0.2) is 58.0 Å². The van der Waals surface area contributed by atoms with Crippen molar-refractivity contribution in [1.29, 1.82) is 0 Å². The van der Waals surface area contributed by atoms with E-state index in [9.17, 15) is 4.79 Å². The molecule has 4 heterocycles. The fourth-order valence-corrected chi connectivity index (χ4v) is 4.04. The average Bonchev–Trinajstić information content (AvgIpc) is 3.56. The Morgan fingerprint density at radius 2 is 1.90 bits per heavy atom. The molecular weight excluding hydrogens is 382 g/mol. The van der Waals surface area contributed by atoms with Gasteiger partial charge in [0.15, 0.2) is 17.8 Å². The van der Waals surface area contributed by atoms with Crippen LogP contribution in [0.4, 0.5) is 5.82 Å². The Morgan fingerprint density at radius 1 is 1.07 bits per heavy atom. The number of carbonyl (C=O) groups excluding carboxylic acids is 1. The van der Waals surface area contributed by atoms with E-state index in [-0.39, 0.29) is 12.0 Å². The Balaban J connectivity index is 1.25. The minimum atomic E-state index is -0.144. The molecule has 5 rings (SSSR count). The van der Waals surface area contributed by atoms with Crippen molar-refractivity contribution < 1.29 is 13.9 Å². The molecule has 2 aliphatic rings. The summed E-state index contributed by atoms with van der Waals surface area (Å²) in [6, 6.07) is 11.4. The number of nitrogens with zero attached hydrogens (tertiary/aromatic N) is 5. The molecule has 2 fully saturated rings. The zero-order valence-electron chi connectivity index (χ0n) is 16.6. The van der Waals surface area contributed by atoms with E-state index in [0.717, 1.165) is 30.9 Å². The van der Waals surface area contributed by atoms with Gasteiger partial charge in [0.2, 0.25) is 5.88 Å². The molecule has 2 saturated heterocycles. The maximum absolute atomic E-state index is 13.0. The van der Waals surface area contributed by atoms with Crippen molar-refractivity contribution in [3.8, 4) is 17.2 Å². The Morgan fingerprint density at radius 3 is 2.73 bits per heavy atom. The Kier molecular flexibility index (Phi) is 5.04. The minimum Gasteiger partial charge on any atom is -0.472 e. The van der Waals surface area contributed by atoms with Crippen molar-refractivity contribution in [3.05, 3.63) is 54.8 Å². The van der Waals surface area contributed by atoms with E-state index in [2.05, 4.69) is 19.9 Å². The number of likely N-dealkylation sites (tertiary alicyclic amines) is 1. The highest BCUT2D eigenvalue weighted by atomic mass is 16.5. The standard InChI is InChI=1S/C22H23N5O3/c28-22(20-21(29-15-25-20)16-6-2-1-3-7-16)27-11-8-17(13-27)30-19-12-18(23-14-24-19)26-9-4-5-10-26/h1-3,6-7,12,14-15,17H,4-5,8-11,13H2. The lowest BCUT2D eigenvalue weighted by molar-refractivity contribution is 0.0766. The average molecular weight is 405 g/mol. The van der Waals surface area contributed by atoms with Crippen LogP contribution in [0.5, 0.6) is 5.88 Å². The van der Waals surface area contributed by atoms with Crippen molar-refractivity contribution in [2.45, 2.75) is 25.4 Å². The number of hydrogen-bond acceptors (Lipinski definition) is 7. The van der Waals surface area contributed by atoms with Crippen LogP contribution in [0.15, 0.2) is 53.5 Å². The molecule has 3 aromatic rings. The van der Waals surface area contributed by atoms with E-state index in [1.807, 2.05) is 36.4 Å². The predicted molar refractivity (Wildman–Crippen MR) is 110 cm³/mol. The third-order valence-corrected chi connectivity index (χ3v) is 5.58. The van der Waals surface area contributed by atoms with Gasteiger partial charge in [0.25, 0.3) is 5.91 Å². The van der Waals surface area contributed by atoms with Gasteiger partial charge in [-0.25, -0.2) is 15.0 Å². The van der Waals surface area contributed by atoms with Crippen LogP contribution in [0.25, 0.3) is 11.3 Å². The van der Waals surface area contributed by atoms with E-state index in [4.69, 9.17) is 9.15 Å². The molecule has 0 spiro atoms. The van der Waals surface area contributed by atoms with Crippen molar-refractivity contribution in [2.24, 2.45) is 0 Å². The number of ether oxygens (including phenoxy) is 1. The number of carbonyl (C=O) groups is 1. The molecule has 154 valence electrons. The van der Waals surface area contributed by atoms with Crippen LogP contribution in [0, 0.1) is 0 Å². The van der Waals surface area contributed by atoms with E-state index in [1.54, 1.807) is 11.2 Å². The molecule has 1 aromatic carbocycles. The molecule has 0 bridgehead atoms. The monoisotopic (exact) mass is 405 g/mol. The number of amides is 1. The summed E-state index contributed by atoms with van der Waals surface area (Å²) >= 11 is 0. The molecule has 2 aromatic heterocycles. The second kappa shape index (κ2) is 8.14. The molecule has 8 heteroatoms. The van der Waals surface area contributed by atoms with E-state index in [1.165, 1.54) is 19.2 Å². The molecule has 0 aliphatic carbocycles. The maximum atomic E-state index is 13.0. The van der Waals surface area contributed by atoms with Gasteiger partial charge in [-0.1, -0.05) is 30.3 Å². The molecule has 0 radical (unpaired) electrons. The lowest BCUT2D eigenvalue weighted by Gasteiger charge is -2.18. The number of oxazole rings is 1. The van der Waals surface area contributed by atoms with Gasteiger partial charge in [-0.05, 0) is 12.8 Å². The summed E-state index contributed by atoms with van der Waals surface area (Å²) in [5.74, 6) is 1.81. The lowest BCUT2D eigenvalue weighted by atomic mass is 10.1. The van der Waals surface area contributed by atoms with Crippen LogP contribution >= 0.6 is 0 Å². The molecule has 1 atom stereocenters. The first-order valence-electron chi connectivity index (χ1n) is 10.3. The zero-order chi connectivity index (χ0) is 20.3. The number of hydrogen-bond donors (Lipinski definition) is 0. The molecule has 1 unspecified atom stereocenters. The van der Waals surface area contributed by atoms with Crippen molar-refractivity contribution in [3.63, 3.8) is 0 Å². The van der Waals surface area contributed by atoms with Crippen LogP contribution in [-0.2, 0) is 0 Å². The fourth-order valence-electron chi connectivity index (χ4n) is 4.04. The first-order valence-corrected chi connectivity index (χ1v) is 10.3. The van der Waals surface area contributed by atoms with E-state index < -0.39 is 0 Å². The smallest absolute Gasteiger partial charge is 0.276 e. The quantitative estimate of drug-likeness (QED) is 0.645. The summed E-state index contributed by atoms with van der Waals surface area (Å²) in [4.78, 5) is 29.8. The van der Waals surface area contributed by atoms with Gasteiger partial charge in [0.1, 0.15) is 18.2 Å². The summed E-state index contributed by atoms with van der Waals surface area (Å²) < 4.78 is 11.6. The highest BCUT2D eigenvalue weighted by Gasteiger charge is 2.32. The second-order valence-corrected chi connectivity index (χ2v) is 7.58. The first kappa shape index (κ1) is 18.6. The summed E-state index contributed by atoms with van der Waals surface area (Å²) in [6.07, 6.45) is 5.87. The number of rotatable bonds is 5. The Labute approximate surface area is 174 Å². The molecule has 30 heavy (non-hydrogen) atoms. The van der Waals surface area contributed by atoms with Crippen LogP contribution < -0.4 is 9.64 Å². The minimum absolute atomic E-state index is 0.109. The topological polar surface area (TPSA) is 84.6 Å². The van der Waals surface area contributed by atoms with Crippen molar-refractivity contribution in [2.75, 3.05) is 31.1 Å². The number of aromatic nitrogens is 3. The van der Waals surface area contributed by atoms with Gasteiger partial charge in [-0.2, -0.15) is 0 Å². The molecule has 2 aliphatic heterocycles. The maximum Gasteiger partial charge on any atom is 0.276 e. The summed E-state index contributed by atoms with van der Waals surface area (Å²) in [7, 11) is 0. The number of anilines is 1. The Hall–Kier alpha value is -3.42. The summed E-state index contributed by atoms with van der Waals surface area (Å²) in [5.41, 5.74) is 1.17. The molecular formula is C22H23N5O3.